The number of nitrogens with zero attached hydrogens (tertiary/aromatic N) is 1. The highest BCUT2D eigenvalue weighted by Gasteiger charge is 2.39. The van der Waals surface area contributed by atoms with Gasteiger partial charge in [0.25, 0.3) is 6.43 Å². The average molecular weight is 305 g/mol. The summed E-state index contributed by atoms with van der Waals surface area (Å²) in [5.74, 6) is -0.363. The molecule has 0 aliphatic heterocycles. The van der Waals surface area contributed by atoms with E-state index in [2.05, 4.69) is 20.9 Å². The van der Waals surface area contributed by atoms with Crippen LogP contribution in [0, 0.1) is 0 Å². The Morgan fingerprint density at radius 2 is 1.94 bits per heavy atom. The van der Waals surface area contributed by atoms with Crippen molar-refractivity contribution in [2.45, 2.75) is 17.9 Å². The number of pyridine rings is 1. The fourth-order valence-electron chi connectivity index (χ4n) is 1.23. The van der Waals surface area contributed by atoms with Crippen LogP contribution in [-0.4, -0.2) is 4.98 Å². The van der Waals surface area contributed by atoms with E-state index < -0.39 is 23.9 Å². The fourth-order valence-corrected chi connectivity index (χ4v) is 1.68. The van der Waals surface area contributed by atoms with Crippen LogP contribution in [0.15, 0.2) is 6.07 Å². The van der Waals surface area contributed by atoms with Gasteiger partial charge in [-0.1, -0.05) is 15.9 Å². The number of nitrogen functional groups attached to an aromatic ring is 1. The molecule has 0 aliphatic carbocycles. The summed E-state index contributed by atoms with van der Waals surface area (Å²) in [6, 6.07) is 0.920. The summed E-state index contributed by atoms with van der Waals surface area (Å²) in [6.07, 6.45) is -8.20. The first-order valence-electron chi connectivity index (χ1n) is 3.98. The van der Waals surface area contributed by atoms with Crippen molar-refractivity contribution in [2.75, 3.05) is 5.73 Å². The summed E-state index contributed by atoms with van der Waals surface area (Å²) >= 11 is 2.79. The second-order valence-electron chi connectivity index (χ2n) is 2.90. The largest absolute Gasteiger partial charge is 0.418 e. The number of alkyl halides is 6. The number of hydrogen-bond donors (Lipinski definition) is 1. The first kappa shape index (κ1) is 13.1. The zero-order chi connectivity index (χ0) is 12.5. The Hall–Kier alpha value is -0.920. The van der Waals surface area contributed by atoms with Gasteiger partial charge in [-0.15, -0.1) is 0 Å². The highest BCUT2D eigenvalue weighted by Crippen LogP contribution is 2.39. The molecular weight excluding hydrogens is 299 g/mol. The van der Waals surface area contributed by atoms with E-state index in [0.717, 1.165) is 6.07 Å². The van der Waals surface area contributed by atoms with Crippen LogP contribution in [0.5, 0.6) is 0 Å². The van der Waals surface area contributed by atoms with Gasteiger partial charge in [0, 0.05) is 5.33 Å². The molecule has 2 nitrogen and oxygen atoms in total. The minimum absolute atomic E-state index is 0.228. The van der Waals surface area contributed by atoms with Crippen molar-refractivity contribution >= 4 is 21.7 Å². The van der Waals surface area contributed by atoms with E-state index in [4.69, 9.17) is 5.73 Å². The lowest BCUT2D eigenvalue weighted by molar-refractivity contribution is -0.140. The summed E-state index contributed by atoms with van der Waals surface area (Å²) < 4.78 is 62.5. The maximum absolute atomic E-state index is 12.6. The van der Waals surface area contributed by atoms with Gasteiger partial charge in [0.05, 0.1) is 5.56 Å². The maximum Gasteiger partial charge on any atom is 0.418 e. The van der Waals surface area contributed by atoms with Crippen LogP contribution in [0.25, 0.3) is 0 Å². The van der Waals surface area contributed by atoms with Gasteiger partial charge in [-0.05, 0) is 11.6 Å². The third-order valence-electron chi connectivity index (χ3n) is 1.78. The van der Waals surface area contributed by atoms with E-state index in [1.807, 2.05) is 0 Å². The molecule has 0 amide bonds. The number of hydrogen-bond acceptors (Lipinski definition) is 2. The van der Waals surface area contributed by atoms with E-state index in [1.165, 1.54) is 0 Å². The van der Waals surface area contributed by atoms with Crippen molar-refractivity contribution in [2.24, 2.45) is 0 Å². The minimum Gasteiger partial charge on any atom is -0.384 e. The lowest BCUT2D eigenvalue weighted by Crippen LogP contribution is -2.15. The van der Waals surface area contributed by atoms with Gasteiger partial charge in [-0.2, -0.15) is 13.2 Å². The van der Waals surface area contributed by atoms with Crippen LogP contribution in [0.1, 0.15) is 23.2 Å². The molecule has 0 aliphatic rings. The van der Waals surface area contributed by atoms with Gasteiger partial charge in [0.1, 0.15) is 11.5 Å². The molecule has 8 heteroatoms. The summed E-state index contributed by atoms with van der Waals surface area (Å²) in [5.41, 5.74) is 2.05. The van der Waals surface area contributed by atoms with Crippen LogP contribution in [0.3, 0.4) is 0 Å². The average Bonchev–Trinajstić information content (AvgIpc) is 2.14. The standard InChI is InChI=1S/C8H6BrF5N2/c9-2-3-1-4(15)16-6(7(10)11)5(3)8(12,13)14/h1,7H,2H2,(H2,15,16). The number of nitrogens with two attached hydrogens (primary N) is 1. The Bertz CT molecular complexity index is 391. The Labute approximate surface area is 95.8 Å². The second kappa shape index (κ2) is 4.52. The second-order valence-corrected chi connectivity index (χ2v) is 3.46. The number of anilines is 1. The molecule has 0 aromatic carbocycles. The lowest BCUT2D eigenvalue weighted by atomic mass is 10.1. The highest BCUT2D eigenvalue weighted by atomic mass is 79.9. The topological polar surface area (TPSA) is 38.9 Å². The molecule has 0 saturated carbocycles. The molecule has 1 aromatic heterocycles. The van der Waals surface area contributed by atoms with Crippen molar-refractivity contribution in [3.8, 4) is 0 Å². The molecule has 2 N–H and O–H groups in total. The van der Waals surface area contributed by atoms with Gasteiger partial charge < -0.3 is 5.73 Å². The van der Waals surface area contributed by atoms with E-state index in [0.29, 0.717) is 0 Å². The SMILES string of the molecule is Nc1cc(CBr)c(C(F)(F)F)c(C(F)F)n1. The molecule has 0 fully saturated rings. The molecule has 0 saturated heterocycles. The highest BCUT2D eigenvalue weighted by molar-refractivity contribution is 9.08. The maximum atomic E-state index is 12.6. The molecule has 0 spiro atoms. The first-order valence-corrected chi connectivity index (χ1v) is 5.10. The number of aromatic nitrogens is 1. The van der Waals surface area contributed by atoms with Crippen LogP contribution < -0.4 is 5.73 Å². The third-order valence-corrected chi connectivity index (χ3v) is 2.39. The molecule has 1 heterocycles. The molecule has 16 heavy (non-hydrogen) atoms. The smallest absolute Gasteiger partial charge is 0.384 e. The van der Waals surface area contributed by atoms with E-state index in [9.17, 15) is 22.0 Å². The van der Waals surface area contributed by atoms with Gasteiger partial charge in [0.2, 0.25) is 0 Å². The van der Waals surface area contributed by atoms with Crippen molar-refractivity contribution in [3.63, 3.8) is 0 Å². The van der Waals surface area contributed by atoms with E-state index in [1.54, 1.807) is 0 Å². The Morgan fingerprint density at radius 3 is 2.31 bits per heavy atom. The molecule has 0 bridgehead atoms. The normalized spacial score (nSPS) is 12.2. The lowest BCUT2D eigenvalue weighted by Gasteiger charge is -2.15. The van der Waals surface area contributed by atoms with Gasteiger partial charge in [-0.25, -0.2) is 13.8 Å². The van der Waals surface area contributed by atoms with Crippen molar-refractivity contribution in [1.82, 2.24) is 4.98 Å². The van der Waals surface area contributed by atoms with E-state index in [-0.39, 0.29) is 16.7 Å². The van der Waals surface area contributed by atoms with Gasteiger partial charge in [0.15, 0.2) is 0 Å². The van der Waals surface area contributed by atoms with Gasteiger partial charge in [-0.3, -0.25) is 0 Å². The zero-order valence-electron chi connectivity index (χ0n) is 7.65. The summed E-state index contributed by atoms with van der Waals surface area (Å²) in [6.45, 7) is 0. The van der Waals surface area contributed by atoms with Crippen LogP contribution >= 0.6 is 15.9 Å². The predicted molar refractivity (Wildman–Crippen MR) is 51.2 cm³/mol. The molecule has 1 rings (SSSR count). The Morgan fingerprint density at radius 1 is 1.38 bits per heavy atom. The van der Waals surface area contributed by atoms with Crippen LogP contribution in [0.4, 0.5) is 27.8 Å². The Kier molecular flexibility index (Phi) is 3.72. The molecular formula is C8H6BrF5N2. The van der Waals surface area contributed by atoms with Gasteiger partial charge >= 0.3 is 6.18 Å². The molecule has 0 radical (unpaired) electrons. The quantitative estimate of drug-likeness (QED) is 0.671. The third kappa shape index (κ3) is 2.60. The van der Waals surface area contributed by atoms with Crippen LogP contribution in [-0.2, 0) is 11.5 Å². The molecule has 0 unspecified atom stereocenters. The minimum atomic E-state index is -4.88. The molecule has 0 atom stereocenters. The first-order chi connectivity index (χ1) is 7.27. The fraction of sp³-hybridized carbons (Fsp3) is 0.375. The monoisotopic (exact) mass is 304 g/mol. The van der Waals surface area contributed by atoms with Crippen molar-refractivity contribution in [3.05, 3.63) is 22.9 Å². The van der Waals surface area contributed by atoms with Crippen LogP contribution in [0.2, 0.25) is 0 Å². The molecule has 1 aromatic rings. The predicted octanol–water partition coefficient (Wildman–Crippen LogP) is 3.52. The summed E-state index contributed by atoms with van der Waals surface area (Å²) in [7, 11) is 0. The van der Waals surface area contributed by atoms with Crippen molar-refractivity contribution in [1.29, 1.82) is 0 Å². The Balaban J connectivity index is 3.52. The number of rotatable bonds is 2. The molecule has 90 valence electrons. The van der Waals surface area contributed by atoms with E-state index >= 15 is 0 Å². The number of halogens is 6. The zero-order valence-corrected chi connectivity index (χ0v) is 9.24. The summed E-state index contributed by atoms with van der Waals surface area (Å²) in [5, 5.41) is -0.228. The summed E-state index contributed by atoms with van der Waals surface area (Å²) in [4.78, 5) is 3.03. The van der Waals surface area contributed by atoms with Crippen molar-refractivity contribution < 1.29 is 22.0 Å².